The molecule has 1 fully saturated rings. The van der Waals surface area contributed by atoms with Gasteiger partial charge in [-0.25, -0.2) is 0 Å². The molecule has 16 nitrogen and oxygen atoms in total. The van der Waals surface area contributed by atoms with Crippen LogP contribution in [0.3, 0.4) is 0 Å². The topological polar surface area (TPSA) is 219 Å². The highest BCUT2D eigenvalue weighted by molar-refractivity contribution is 5.95. The molecule has 0 radical (unpaired) electrons. The number of likely N-dealkylation sites (tertiary alicyclic amines) is 1. The van der Waals surface area contributed by atoms with Crippen molar-refractivity contribution in [2.45, 2.75) is 164 Å². The van der Waals surface area contributed by atoms with E-state index in [2.05, 4.69) is 42.5 Å². The fraction of sp³-hybridized carbons (Fsp3) is 0.821. The number of nitrogens with zero attached hydrogens (tertiary/aromatic N) is 1. The number of nitrogens with one attached hydrogen (secondary N) is 8. The van der Waals surface area contributed by atoms with Gasteiger partial charge < -0.3 is 47.4 Å². The molecule has 7 amide bonds. The Hall–Kier alpha value is -3.21. The van der Waals surface area contributed by atoms with E-state index in [4.69, 9.17) is 0 Å². The third kappa shape index (κ3) is 17.7. The van der Waals surface area contributed by atoms with Crippen LogP contribution in [0.5, 0.6) is 0 Å². The highest BCUT2D eigenvalue weighted by Gasteiger charge is 2.46. The maximum atomic E-state index is 14.2. The van der Waals surface area contributed by atoms with Crippen LogP contribution in [0.2, 0.25) is 0 Å². The number of carbonyl (C=O) groups is 7. The van der Waals surface area contributed by atoms with Crippen LogP contribution in [-0.2, 0) is 33.6 Å². The molecule has 1 heterocycles. The van der Waals surface area contributed by atoms with E-state index >= 15 is 0 Å². The maximum Gasteiger partial charge on any atom is 0.246 e. The fourth-order valence-corrected chi connectivity index (χ4v) is 5.67. The molecule has 9 atom stereocenters. The third-order valence-corrected chi connectivity index (χ3v) is 10.6. The Balaban J connectivity index is 0. The molecule has 0 bridgehead atoms. The lowest BCUT2D eigenvalue weighted by Crippen LogP contribution is -2.60. The lowest BCUT2D eigenvalue weighted by molar-refractivity contribution is -0.144. The average Bonchev–Trinajstić information content (AvgIpc) is 3.52. The van der Waals surface area contributed by atoms with Crippen molar-refractivity contribution >= 4 is 66.2 Å². The van der Waals surface area contributed by atoms with E-state index in [0.717, 1.165) is 0 Å². The largest absolute Gasteiger partial charge is 0.352 e. The smallest absolute Gasteiger partial charge is 0.246 e. The summed E-state index contributed by atoms with van der Waals surface area (Å²) in [6.45, 7) is 24.0. The molecule has 0 aromatic carbocycles. The Morgan fingerprint density at radius 1 is 0.632 bits per heavy atom. The van der Waals surface area contributed by atoms with Crippen LogP contribution < -0.4 is 42.5 Å². The summed E-state index contributed by atoms with van der Waals surface area (Å²) in [5, 5.41) is 23.0. The van der Waals surface area contributed by atoms with Crippen molar-refractivity contribution in [1.29, 1.82) is 0 Å². The van der Waals surface area contributed by atoms with Crippen molar-refractivity contribution in [1.82, 2.24) is 47.4 Å². The van der Waals surface area contributed by atoms with Gasteiger partial charge in [0.15, 0.2) is 0 Å². The van der Waals surface area contributed by atoms with Gasteiger partial charge >= 0.3 is 0 Å². The lowest BCUT2D eigenvalue weighted by atomic mass is 9.85. The second-order valence-electron chi connectivity index (χ2n) is 17.2. The third-order valence-electron chi connectivity index (χ3n) is 10.6. The Kier molecular flexibility index (Phi) is 24.8. The summed E-state index contributed by atoms with van der Waals surface area (Å²) in [6.07, 6.45) is -0.0652. The number of hydrogen-bond acceptors (Lipinski definition) is 9. The van der Waals surface area contributed by atoms with E-state index in [1.165, 1.54) is 4.90 Å². The number of hydrogen-bond donors (Lipinski definition) is 8. The number of carbonyl (C=O) groups excluding carboxylic acids is 7. The predicted octanol–water partition coefficient (Wildman–Crippen LogP) is 1.39. The number of halogens is 2. The number of likely N-dealkylation sites (N-methyl/N-ethyl adjacent to an activating group) is 2. The SMILES string of the molecule is CN[C@@H](C)C(=O)N[C@H](C(=O)N1C[C@@H](NC(=O)CC[C@@H](NC(=O)[C@H](NC(=O)[C@@H](C)NC)C(C)C)C(=O)N[C@@H](C)C(C)C)C[C@H]1C(=O)N[C@H](C)C(C)C)C(C)(C)C.Cl.Cl. The average molecular weight is 853 g/mol. The van der Waals surface area contributed by atoms with Gasteiger partial charge in [-0.3, -0.25) is 33.6 Å². The maximum absolute atomic E-state index is 14.2. The molecule has 18 heteroatoms. The van der Waals surface area contributed by atoms with E-state index in [1.807, 2.05) is 62.3 Å². The molecule has 0 saturated carbocycles. The fourth-order valence-electron chi connectivity index (χ4n) is 5.67. The molecule has 8 N–H and O–H groups in total. The van der Waals surface area contributed by atoms with Gasteiger partial charge in [0.05, 0.1) is 12.1 Å². The molecule has 0 aromatic rings. The summed E-state index contributed by atoms with van der Waals surface area (Å²) >= 11 is 0. The first-order chi connectivity index (χ1) is 25.3. The van der Waals surface area contributed by atoms with Gasteiger partial charge in [-0.15, -0.1) is 24.8 Å². The van der Waals surface area contributed by atoms with Crippen molar-refractivity contribution in [3.63, 3.8) is 0 Å². The Morgan fingerprint density at radius 3 is 1.58 bits per heavy atom. The predicted molar refractivity (Wildman–Crippen MR) is 228 cm³/mol. The van der Waals surface area contributed by atoms with Crippen LogP contribution in [0.25, 0.3) is 0 Å². The van der Waals surface area contributed by atoms with E-state index in [1.54, 1.807) is 41.8 Å². The van der Waals surface area contributed by atoms with Crippen LogP contribution in [0.15, 0.2) is 0 Å². The Bertz CT molecular complexity index is 1350. The van der Waals surface area contributed by atoms with Crippen LogP contribution >= 0.6 is 24.8 Å². The van der Waals surface area contributed by atoms with Gasteiger partial charge in [0.2, 0.25) is 41.4 Å². The summed E-state index contributed by atoms with van der Waals surface area (Å²) in [5.41, 5.74) is -0.705. The zero-order valence-electron chi connectivity index (χ0n) is 36.9. The zero-order chi connectivity index (χ0) is 42.5. The van der Waals surface area contributed by atoms with E-state index in [0.29, 0.717) is 0 Å². The molecular weight excluding hydrogens is 777 g/mol. The molecule has 1 aliphatic heterocycles. The highest BCUT2D eigenvalue weighted by Crippen LogP contribution is 2.27. The molecule has 1 rings (SSSR count). The van der Waals surface area contributed by atoms with E-state index < -0.39 is 71.3 Å². The first kappa shape index (κ1) is 55.9. The zero-order valence-corrected chi connectivity index (χ0v) is 38.5. The van der Waals surface area contributed by atoms with Crippen molar-refractivity contribution in [2.75, 3.05) is 20.6 Å². The van der Waals surface area contributed by atoms with Gasteiger partial charge in [0.1, 0.15) is 24.2 Å². The minimum absolute atomic E-state index is 0. The Labute approximate surface area is 353 Å². The molecule has 1 aliphatic rings. The monoisotopic (exact) mass is 852 g/mol. The van der Waals surface area contributed by atoms with Crippen molar-refractivity contribution in [3.8, 4) is 0 Å². The van der Waals surface area contributed by atoms with Crippen LogP contribution in [0.1, 0.15) is 109 Å². The molecule has 0 unspecified atom stereocenters. The summed E-state index contributed by atoms with van der Waals surface area (Å²) in [5.74, 6) is -3.04. The molecular formula is C39H75Cl2N9O7. The summed E-state index contributed by atoms with van der Waals surface area (Å²) < 4.78 is 0. The molecule has 1 saturated heterocycles. The van der Waals surface area contributed by atoms with E-state index in [9.17, 15) is 33.6 Å². The van der Waals surface area contributed by atoms with Crippen LogP contribution in [0.4, 0.5) is 0 Å². The molecule has 0 spiro atoms. The first-order valence-corrected chi connectivity index (χ1v) is 19.8. The first-order valence-electron chi connectivity index (χ1n) is 19.8. The molecule has 57 heavy (non-hydrogen) atoms. The van der Waals surface area contributed by atoms with Gasteiger partial charge in [-0.2, -0.15) is 0 Å². The van der Waals surface area contributed by atoms with Crippen LogP contribution in [-0.4, -0.2) is 121 Å². The number of amides is 7. The van der Waals surface area contributed by atoms with Gasteiger partial charge in [-0.05, 0) is 77.8 Å². The summed E-state index contributed by atoms with van der Waals surface area (Å²) in [6, 6.07) is -6.00. The molecule has 0 aromatic heterocycles. The Morgan fingerprint density at radius 2 is 1.12 bits per heavy atom. The van der Waals surface area contributed by atoms with Crippen molar-refractivity contribution < 1.29 is 33.6 Å². The molecule has 332 valence electrons. The van der Waals surface area contributed by atoms with Gasteiger partial charge in [0, 0.05) is 31.1 Å². The minimum Gasteiger partial charge on any atom is -0.352 e. The van der Waals surface area contributed by atoms with Gasteiger partial charge in [-0.1, -0.05) is 62.3 Å². The quantitative estimate of drug-likeness (QED) is 0.0887. The standard InChI is InChI=1S/C39H73N9O7.2ClH/c1-20(2)23(7)42-35(52)28(45-37(54)31(22(5)6)46-33(50)25(9)40-14)16-17-30(49)44-27-18-29(36(53)43-24(8)21(3)4)48(19-27)38(55)32(39(11,12)13)47-34(51)26(10)41-15;;/h20-29,31-32,40-41H,16-19H2,1-15H3,(H,42,52)(H,43,53)(H,44,49)(H,45,54)(H,46,50)(H,47,51);2*1H/t23-,24+,25+,26-,27-,28+,29-,31+,32+;;/m0../s1. The highest BCUT2D eigenvalue weighted by atomic mass is 35.5. The van der Waals surface area contributed by atoms with Crippen LogP contribution in [0, 0.1) is 23.2 Å². The van der Waals surface area contributed by atoms with Crippen molar-refractivity contribution in [2.24, 2.45) is 23.2 Å². The number of rotatable bonds is 20. The van der Waals surface area contributed by atoms with Crippen molar-refractivity contribution in [3.05, 3.63) is 0 Å². The summed E-state index contributed by atoms with van der Waals surface area (Å²) in [7, 11) is 3.28. The normalized spacial score (nSPS) is 19.1. The van der Waals surface area contributed by atoms with E-state index in [-0.39, 0.29) is 98.2 Å². The lowest BCUT2D eigenvalue weighted by Gasteiger charge is -2.36. The minimum atomic E-state index is -1.09. The molecule has 0 aliphatic carbocycles. The second kappa shape index (κ2) is 25.3. The summed E-state index contributed by atoms with van der Waals surface area (Å²) in [4.78, 5) is 95.5. The second-order valence-corrected chi connectivity index (χ2v) is 17.2. The van der Waals surface area contributed by atoms with Gasteiger partial charge in [0.25, 0.3) is 0 Å².